The lowest BCUT2D eigenvalue weighted by atomic mass is 10.1. The van der Waals surface area contributed by atoms with Crippen molar-refractivity contribution in [1.29, 1.82) is 0 Å². The van der Waals surface area contributed by atoms with Gasteiger partial charge in [0.15, 0.2) is 5.16 Å². The van der Waals surface area contributed by atoms with Crippen molar-refractivity contribution in [3.8, 4) is 0 Å². The number of nitrogens with zero attached hydrogens (tertiary/aromatic N) is 3. The number of thioether (sulfide) groups is 1. The first kappa shape index (κ1) is 24.1. The third-order valence-electron chi connectivity index (χ3n) is 4.64. The molecule has 0 radical (unpaired) electrons. The largest absolute Gasteiger partial charge is 0.349 e. The molecule has 0 aliphatic carbocycles. The molecule has 0 fully saturated rings. The van der Waals surface area contributed by atoms with E-state index in [1.54, 1.807) is 18.2 Å². The number of halogens is 2. The van der Waals surface area contributed by atoms with Gasteiger partial charge >= 0.3 is 0 Å². The quantitative estimate of drug-likeness (QED) is 0.421. The zero-order valence-corrected chi connectivity index (χ0v) is 20.0. The highest BCUT2D eigenvalue weighted by atomic mass is 35.5. The van der Waals surface area contributed by atoms with Gasteiger partial charge in [0.1, 0.15) is 5.82 Å². The molecule has 2 aromatic carbocycles. The van der Waals surface area contributed by atoms with Crippen molar-refractivity contribution in [2.24, 2.45) is 0 Å². The number of hydrogen-bond donors (Lipinski definition) is 2. The van der Waals surface area contributed by atoms with Crippen LogP contribution in [0.2, 0.25) is 10.0 Å². The Bertz CT molecular complexity index is 1090. The summed E-state index contributed by atoms with van der Waals surface area (Å²) in [6, 6.07) is 14.6. The monoisotopic (exact) mass is 491 g/mol. The lowest BCUT2D eigenvalue weighted by Crippen LogP contribution is -2.28. The molecule has 0 unspecified atom stereocenters. The van der Waals surface area contributed by atoms with Crippen molar-refractivity contribution in [3.05, 3.63) is 70.0 Å². The van der Waals surface area contributed by atoms with Gasteiger partial charge in [-0.2, -0.15) is 0 Å². The predicted molar refractivity (Wildman–Crippen MR) is 128 cm³/mol. The molecular weight excluding hydrogens is 469 g/mol. The Balaban J connectivity index is 1.56. The fraction of sp³-hybridized carbons (Fsp3) is 0.273. The summed E-state index contributed by atoms with van der Waals surface area (Å²) in [6.45, 7) is 4.45. The summed E-state index contributed by atoms with van der Waals surface area (Å²) in [4.78, 5) is 24.8. The van der Waals surface area contributed by atoms with Gasteiger partial charge in [-0.15, -0.1) is 10.2 Å². The predicted octanol–water partition coefficient (Wildman–Crippen LogP) is 4.76. The van der Waals surface area contributed by atoms with Crippen LogP contribution >= 0.6 is 35.0 Å². The maximum absolute atomic E-state index is 12.4. The normalized spacial score (nSPS) is 11.8. The number of rotatable bonds is 9. The SMILES string of the molecule is CCn1c(CC(=O)Nc2ccc(Cl)c(Cl)c2)nnc1SCC(=O)N[C@@H](C)c1ccccc1. The first-order valence-corrected chi connectivity index (χ1v) is 11.8. The molecule has 1 heterocycles. The average molecular weight is 492 g/mol. The molecule has 3 aromatic rings. The Morgan fingerprint density at radius 1 is 1.06 bits per heavy atom. The highest BCUT2D eigenvalue weighted by molar-refractivity contribution is 7.99. The van der Waals surface area contributed by atoms with Gasteiger partial charge < -0.3 is 15.2 Å². The summed E-state index contributed by atoms with van der Waals surface area (Å²) in [7, 11) is 0. The van der Waals surface area contributed by atoms with Gasteiger partial charge in [0.25, 0.3) is 0 Å². The Hall–Kier alpha value is -2.55. The summed E-state index contributed by atoms with van der Waals surface area (Å²) in [5.74, 6) is 0.364. The molecule has 2 amide bonds. The molecule has 7 nitrogen and oxygen atoms in total. The Labute approximate surface area is 200 Å². The van der Waals surface area contributed by atoms with Crippen LogP contribution in [0.3, 0.4) is 0 Å². The molecule has 0 spiro atoms. The van der Waals surface area contributed by atoms with Crippen molar-refractivity contribution in [1.82, 2.24) is 20.1 Å². The number of amides is 2. The van der Waals surface area contributed by atoms with E-state index in [0.717, 1.165) is 5.56 Å². The van der Waals surface area contributed by atoms with Crippen LogP contribution in [0.25, 0.3) is 0 Å². The van der Waals surface area contributed by atoms with Gasteiger partial charge in [0.05, 0.1) is 28.3 Å². The van der Waals surface area contributed by atoms with Crippen LogP contribution in [0, 0.1) is 0 Å². The maximum atomic E-state index is 12.4. The topological polar surface area (TPSA) is 88.9 Å². The number of hydrogen-bond acceptors (Lipinski definition) is 5. The van der Waals surface area contributed by atoms with Gasteiger partial charge in [-0.3, -0.25) is 9.59 Å². The highest BCUT2D eigenvalue weighted by Gasteiger charge is 2.17. The Kier molecular flexibility index (Phi) is 8.55. The Morgan fingerprint density at radius 2 is 1.81 bits per heavy atom. The number of carbonyl (C=O) groups is 2. The lowest BCUT2D eigenvalue weighted by Gasteiger charge is -2.14. The zero-order chi connectivity index (χ0) is 23.1. The van der Waals surface area contributed by atoms with Gasteiger partial charge in [0.2, 0.25) is 11.8 Å². The fourth-order valence-corrected chi connectivity index (χ4v) is 4.17. The third kappa shape index (κ3) is 6.48. The van der Waals surface area contributed by atoms with E-state index in [1.807, 2.05) is 48.7 Å². The maximum Gasteiger partial charge on any atom is 0.232 e. The van der Waals surface area contributed by atoms with E-state index in [0.29, 0.717) is 33.3 Å². The average Bonchev–Trinajstić information content (AvgIpc) is 3.16. The molecule has 0 aliphatic rings. The first-order valence-electron chi connectivity index (χ1n) is 10.0. The van der Waals surface area contributed by atoms with Gasteiger partial charge in [-0.1, -0.05) is 65.3 Å². The van der Waals surface area contributed by atoms with E-state index < -0.39 is 0 Å². The minimum atomic E-state index is -0.253. The molecule has 32 heavy (non-hydrogen) atoms. The molecule has 0 saturated heterocycles. The number of benzene rings is 2. The highest BCUT2D eigenvalue weighted by Crippen LogP contribution is 2.25. The number of anilines is 1. The summed E-state index contributed by atoms with van der Waals surface area (Å²) >= 11 is 13.2. The van der Waals surface area contributed by atoms with Gasteiger partial charge in [0, 0.05) is 12.2 Å². The second-order valence-electron chi connectivity index (χ2n) is 6.99. The molecule has 3 rings (SSSR count). The van der Waals surface area contributed by atoms with Crippen LogP contribution in [0.5, 0.6) is 0 Å². The minimum absolute atomic E-state index is 0.0406. The van der Waals surface area contributed by atoms with Crippen molar-refractivity contribution in [3.63, 3.8) is 0 Å². The van der Waals surface area contributed by atoms with Crippen LogP contribution in [-0.2, 0) is 22.6 Å². The van der Waals surface area contributed by atoms with Crippen LogP contribution in [0.15, 0.2) is 53.7 Å². The number of carbonyl (C=O) groups excluding carboxylic acids is 2. The molecule has 0 bridgehead atoms. The first-order chi connectivity index (χ1) is 15.4. The minimum Gasteiger partial charge on any atom is -0.349 e. The zero-order valence-electron chi connectivity index (χ0n) is 17.6. The molecule has 1 atom stereocenters. The van der Waals surface area contributed by atoms with Crippen LogP contribution in [-0.4, -0.2) is 32.3 Å². The summed E-state index contributed by atoms with van der Waals surface area (Å²) in [5.41, 5.74) is 1.59. The van der Waals surface area contributed by atoms with Crippen LogP contribution in [0.4, 0.5) is 5.69 Å². The van der Waals surface area contributed by atoms with E-state index >= 15 is 0 Å². The molecule has 1 aromatic heterocycles. The van der Waals surface area contributed by atoms with Crippen LogP contribution in [0.1, 0.15) is 31.3 Å². The molecule has 168 valence electrons. The molecular formula is C22H23Cl2N5O2S. The molecule has 0 saturated carbocycles. The van der Waals surface area contributed by atoms with Gasteiger partial charge in [-0.25, -0.2) is 0 Å². The second kappa shape index (κ2) is 11.4. The summed E-state index contributed by atoms with van der Waals surface area (Å²) in [6.07, 6.45) is 0.0406. The third-order valence-corrected chi connectivity index (χ3v) is 6.35. The summed E-state index contributed by atoms with van der Waals surface area (Å²) < 4.78 is 1.83. The number of nitrogens with one attached hydrogen (secondary N) is 2. The smallest absolute Gasteiger partial charge is 0.232 e. The van der Waals surface area contributed by atoms with E-state index in [4.69, 9.17) is 23.2 Å². The molecule has 10 heteroatoms. The fourth-order valence-electron chi connectivity index (χ4n) is 3.04. The summed E-state index contributed by atoms with van der Waals surface area (Å²) in [5, 5.41) is 15.4. The standard InChI is InChI=1S/C22H23Cl2N5O2S/c1-3-29-19(12-20(30)26-16-9-10-17(23)18(24)11-16)27-28-22(29)32-13-21(31)25-14(2)15-7-5-4-6-8-15/h4-11,14H,3,12-13H2,1-2H3,(H,25,31)(H,26,30)/t14-/m0/s1. The molecule has 0 aliphatic heterocycles. The van der Waals surface area contributed by atoms with Crippen molar-refractivity contribution < 1.29 is 9.59 Å². The van der Waals surface area contributed by atoms with Crippen molar-refractivity contribution in [2.45, 2.75) is 38.0 Å². The van der Waals surface area contributed by atoms with Crippen LogP contribution < -0.4 is 10.6 Å². The van der Waals surface area contributed by atoms with E-state index in [-0.39, 0.29) is 30.0 Å². The van der Waals surface area contributed by atoms with Crippen molar-refractivity contribution >= 4 is 52.5 Å². The number of aromatic nitrogens is 3. The van der Waals surface area contributed by atoms with Crippen molar-refractivity contribution in [2.75, 3.05) is 11.1 Å². The van der Waals surface area contributed by atoms with E-state index in [9.17, 15) is 9.59 Å². The Morgan fingerprint density at radius 3 is 2.50 bits per heavy atom. The lowest BCUT2D eigenvalue weighted by molar-refractivity contribution is -0.119. The van der Waals surface area contributed by atoms with Gasteiger partial charge in [-0.05, 0) is 37.6 Å². The van der Waals surface area contributed by atoms with E-state index in [1.165, 1.54) is 11.8 Å². The second-order valence-corrected chi connectivity index (χ2v) is 8.74. The molecule has 2 N–H and O–H groups in total. The van der Waals surface area contributed by atoms with E-state index in [2.05, 4.69) is 20.8 Å².